The second-order valence-corrected chi connectivity index (χ2v) is 4.65. The van der Waals surface area contributed by atoms with Crippen molar-refractivity contribution in [2.75, 3.05) is 32.5 Å². The van der Waals surface area contributed by atoms with Crippen LogP contribution >= 0.6 is 0 Å². The molecule has 1 unspecified atom stereocenters. The van der Waals surface area contributed by atoms with Gasteiger partial charge < -0.3 is 25.3 Å². The average molecular weight is 280 g/mol. The van der Waals surface area contributed by atoms with Gasteiger partial charge in [-0.2, -0.15) is 0 Å². The lowest BCUT2D eigenvalue weighted by molar-refractivity contribution is -0.130. The number of amides is 2. The average Bonchev–Trinajstić information content (AvgIpc) is 2.86. The zero-order valence-corrected chi connectivity index (χ0v) is 11.8. The Morgan fingerprint density at radius 2 is 2.30 bits per heavy atom. The number of nitrogens with two attached hydrogens (primary N) is 1. The first-order chi connectivity index (χ1) is 9.58. The van der Waals surface area contributed by atoms with Crippen molar-refractivity contribution in [3.63, 3.8) is 0 Å². The van der Waals surface area contributed by atoms with Crippen molar-refractivity contribution >= 4 is 17.5 Å². The quantitative estimate of drug-likeness (QED) is 0.794. The van der Waals surface area contributed by atoms with Crippen LogP contribution < -0.4 is 11.1 Å². The molecule has 2 amide bonds. The minimum absolute atomic E-state index is 0.194. The number of hydrogen-bond donors (Lipinski definition) is 2. The van der Waals surface area contributed by atoms with Crippen molar-refractivity contribution < 1.29 is 14.3 Å². The predicted molar refractivity (Wildman–Crippen MR) is 74.2 cm³/mol. The molecule has 0 radical (unpaired) electrons. The van der Waals surface area contributed by atoms with Gasteiger partial charge in [-0.05, 0) is 13.0 Å². The number of carbonyl (C=O) groups excluding carboxylic acids is 2. The summed E-state index contributed by atoms with van der Waals surface area (Å²) in [6.07, 6.45) is 1.72. The zero-order valence-electron chi connectivity index (χ0n) is 11.8. The fourth-order valence-electron chi connectivity index (χ4n) is 2.35. The summed E-state index contributed by atoms with van der Waals surface area (Å²) in [5, 5.41) is 2.56. The van der Waals surface area contributed by atoms with E-state index in [9.17, 15) is 9.59 Å². The van der Waals surface area contributed by atoms with Crippen LogP contribution in [0.25, 0.3) is 0 Å². The van der Waals surface area contributed by atoms with E-state index in [1.807, 2.05) is 6.92 Å². The minimum Gasteiger partial charge on any atom is -0.397 e. The Morgan fingerprint density at radius 3 is 2.95 bits per heavy atom. The molecule has 110 valence electrons. The van der Waals surface area contributed by atoms with Crippen molar-refractivity contribution in [3.05, 3.63) is 18.0 Å². The van der Waals surface area contributed by atoms with Crippen molar-refractivity contribution in [2.45, 2.75) is 19.5 Å². The summed E-state index contributed by atoms with van der Waals surface area (Å²) in [6.45, 7) is 3.63. The van der Waals surface area contributed by atoms with Crippen LogP contribution in [0, 0.1) is 0 Å². The van der Waals surface area contributed by atoms with Gasteiger partial charge in [-0.25, -0.2) is 0 Å². The van der Waals surface area contributed by atoms with Crippen LogP contribution in [0.1, 0.15) is 17.4 Å². The molecule has 1 saturated heterocycles. The number of nitrogens with one attached hydrogen (secondary N) is 1. The molecular formula is C13H20N4O3. The summed E-state index contributed by atoms with van der Waals surface area (Å²) in [4.78, 5) is 26.0. The van der Waals surface area contributed by atoms with Crippen LogP contribution in [-0.2, 0) is 16.1 Å². The highest BCUT2D eigenvalue weighted by Gasteiger charge is 2.33. The van der Waals surface area contributed by atoms with Crippen LogP contribution in [0.5, 0.6) is 0 Å². The monoisotopic (exact) mass is 280 g/mol. The van der Waals surface area contributed by atoms with E-state index in [-0.39, 0.29) is 18.4 Å². The Labute approximate surface area is 117 Å². The van der Waals surface area contributed by atoms with E-state index in [2.05, 4.69) is 5.32 Å². The van der Waals surface area contributed by atoms with Crippen LogP contribution in [0.4, 0.5) is 5.69 Å². The number of aromatic nitrogens is 1. The van der Waals surface area contributed by atoms with Gasteiger partial charge in [0.1, 0.15) is 11.7 Å². The summed E-state index contributed by atoms with van der Waals surface area (Å²) in [5.41, 5.74) is 6.79. The molecule has 1 aliphatic rings. The van der Waals surface area contributed by atoms with E-state index in [0.717, 1.165) is 0 Å². The lowest BCUT2D eigenvalue weighted by Gasteiger charge is -2.34. The lowest BCUT2D eigenvalue weighted by atomic mass is 10.2. The molecule has 2 heterocycles. The van der Waals surface area contributed by atoms with E-state index in [1.54, 1.807) is 28.8 Å². The SMILES string of the molecule is CCn1cc(N)cc1C(=O)N1CCOCC1C(=O)NC. The number of carbonyl (C=O) groups is 2. The Bertz CT molecular complexity index is 512. The first-order valence-electron chi connectivity index (χ1n) is 6.64. The van der Waals surface area contributed by atoms with Gasteiger partial charge in [0.15, 0.2) is 0 Å². The maximum atomic E-state index is 12.6. The molecule has 0 bridgehead atoms. The molecule has 1 aromatic rings. The van der Waals surface area contributed by atoms with Gasteiger partial charge >= 0.3 is 0 Å². The van der Waals surface area contributed by atoms with Crippen molar-refractivity contribution in [1.82, 2.24) is 14.8 Å². The molecule has 1 aromatic heterocycles. The molecule has 1 aliphatic heterocycles. The normalized spacial score (nSPS) is 18.9. The van der Waals surface area contributed by atoms with Crippen LogP contribution in [0.2, 0.25) is 0 Å². The minimum atomic E-state index is -0.595. The number of likely N-dealkylation sites (N-methyl/N-ethyl adjacent to an activating group) is 1. The molecule has 0 spiro atoms. The van der Waals surface area contributed by atoms with Gasteiger partial charge in [0.25, 0.3) is 5.91 Å². The number of ether oxygens (including phenoxy) is 1. The summed E-state index contributed by atoms with van der Waals surface area (Å²) in [5.74, 6) is -0.416. The fraction of sp³-hybridized carbons (Fsp3) is 0.538. The van der Waals surface area contributed by atoms with Gasteiger partial charge in [-0.1, -0.05) is 0 Å². The van der Waals surface area contributed by atoms with Gasteiger partial charge in [0.05, 0.1) is 18.9 Å². The highest BCUT2D eigenvalue weighted by atomic mass is 16.5. The molecule has 0 aromatic carbocycles. The van der Waals surface area contributed by atoms with Crippen LogP contribution in [0.15, 0.2) is 12.3 Å². The van der Waals surface area contributed by atoms with Crippen molar-refractivity contribution in [3.8, 4) is 0 Å². The Hall–Kier alpha value is -2.02. The molecule has 1 atom stereocenters. The highest BCUT2D eigenvalue weighted by molar-refractivity contribution is 5.97. The van der Waals surface area contributed by atoms with E-state index < -0.39 is 6.04 Å². The number of hydrogen-bond acceptors (Lipinski definition) is 4. The topological polar surface area (TPSA) is 89.6 Å². The summed E-state index contributed by atoms with van der Waals surface area (Å²) < 4.78 is 7.08. The van der Waals surface area contributed by atoms with Gasteiger partial charge in [-0.15, -0.1) is 0 Å². The lowest BCUT2D eigenvalue weighted by Crippen LogP contribution is -2.55. The fourth-order valence-corrected chi connectivity index (χ4v) is 2.35. The van der Waals surface area contributed by atoms with E-state index in [1.165, 1.54) is 0 Å². The smallest absolute Gasteiger partial charge is 0.271 e. The number of nitrogen functional groups attached to an aromatic ring is 1. The van der Waals surface area contributed by atoms with Crippen molar-refractivity contribution in [1.29, 1.82) is 0 Å². The van der Waals surface area contributed by atoms with E-state index in [0.29, 0.717) is 31.1 Å². The third-order valence-electron chi connectivity index (χ3n) is 3.42. The standard InChI is InChI=1S/C13H20N4O3/c1-3-16-7-9(14)6-10(16)13(19)17-4-5-20-8-11(17)12(18)15-2/h6-7,11H,3-5,8,14H2,1-2H3,(H,15,18). The summed E-state index contributed by atoms with van der Waals surface area (Å²) >= 11 is 0. The second-order valence-electron chi connectivity index (χ2n) is 4.65. The molecule has 7 nitrogen and oxygen atoms in total. The highest BCUT2D eigenvalue weighted by Crippen LogP contribution is 2.17. The molecule has 1 fully saturated rings. The number of aryl methyl sites for hydroxylation is 1. The molecule has 0 saturated carbocycles. The van der Waals surface area contributed by atoms with Gasteiger partial charge in [-0.3, -0.25) is 9.59 Å². The second kappa shape index (κ2) is 5.96. The summed E-state index contributed by atoms with van der Waals surface area (Å²) in [7, 11) is 1.55. The third kappa shape index (κ3) is 2.62. The van der Waals surface area contributed by atoms with Crippen LogP contribution in [-0.4, -0.2) is 54.1 Å². The van der Waals surface area contributed by atoms with E-state index >= 15 is 0 Å². The zero-order chi connectivity index (χ0) is 14.7. The predicted octanol–water partition coefficient (Wildman–Crippen LogP) is -0.323. The van der Waals surface area contributed by atoms with Crippen LogP contribution in [0.3, 0.4) is 0 Å². The first kappa shape index (κ1) is 14.4. The Morgan fingerprint density at radius 1 is 1.55 bits per heavy atom. The summed E-state index contributed by atoms with van der Waals surface area (Å²) in [6, 6.07) is 1.05. The first-order valence-corrected chi connectivity index (χ1v) is 6.64. The van der Waals surface area contributed by atoms with Crippen molar-refractivity contribution in [2.24, 2.45) is 0 Å². The number of anilines is 1. The Kier molecular flexibility index (Phi) is 4.29. The largest absolute Gasteiger partial charge is 0.397 e. The molecule has 20 heavy (non-hydrogen) atoms. The van der Waals surface area contributed by atoms with Gasteiger partial charge in [0.2, 0.25) is 5.91 Å². The van der Waals surface area contributed by atoms with Gasteiger partial charge in [0, 0.05) is 26.3 Å². The number of rotatable bonds is 3. The third-order valence-corrected chi connectivity index (χ3v) is 3.42. The molecule has 0 aliphatic carbocycles. The molecule has 3 N–H and O–H groups in total. The Balaban J connectivity index is 2.27. The maximum Gasteiger partial charge on any atom is 0.271 e. The molecule has 7 heteroatoms. The van der Waals surface area contributed by atoms with E-state index in [4.69, 9.17) is 10.5 Å². The number of morpholine rings is 1. The number of nitrogens with zero attached hydrogens (tertiary/aromatic N) is 2. The maximum absolute atomic E-state index is 12.6. The molecule has 2 rings (SSSR count). The molecular weight excluding hydrogens is 260 g/mol.